The molecule has 5 rings (SSSR count). The number of hydrogen-bond donors (Lipinski definition) is 3. The van der Waals surface area contributed by atoms with Crippen molar-refractivity contribution in [2.45, 2.75) is 32.9 Å². The molecule has 1 atom stereocenters. The Morgan fingerprint density at radius 2 is 1.68 bits per heavy atom. The topological polar surface area (TPSA) is 101 Å². The van der Waals surface area contributed by atoms with Crippen LogP contribution in [0.5, 0.6) is 0 Å². The number of carbonyl (C=O) groups excluding carboxylic acids is 2. The Bertz CT molecular complexity index is 1580. The van der Waals surface area contributed by atoms with Gasteiger partial charge in [-0.3, -0.25) is 9.59 Å². The molecular formula is C29H29N5O3. The van der Waals surface area contributed by atoms with E-state index in [-0.39, 0.29) is 24.5 Å². The van der Waals surface area contributed by atoms with Crippen molar-refractivity contribution >= 4 is 39.3 Å². The highest BCUT2D eigenvalue weighted by Gasteiger charge is 2.12. The van der Waals surface area contributed by atoms with Gasteiger partial charge in [0.15, 0.2) is 0 Å². The van der Waals surface area contributed by atoms with Crippen molar-refractivity contribution in [3.05, 3.63) is 90.3 Å². The van der Waals surface area contributed by atoms with E-state index < -0.39 is 0 Å². The Morgan fingerprint density at radius 1 is 0.919 bits per heavy atom. The zero-order chi connectivity index (χ0) is 25.9. The predicted molar refractivity (Wildman–Crippen MR) is 145 cm³/mol. The van der Waals surface area contributed by atoms with Crippen LogP contribution < -0.4 is 10.6 Å². The first kappa shape index (κ1) is 24.3. The molecule has 37 heavy (non-hydrogen) atoms. The zero-order valence-electron chi connectivity index (χ0n) is 20.8. The van der Waals surface area contributed by atoms with Crippen LogP contribution in [0, 0.1) is 0 Å². The van der Waals surface area contributed by atoms with Gasteiger partial charge in [-0.25, -0.2) is 4.68 Å². The SMILES string of the molecule is CCC(C)NC(=O)c1ccc(-n2ncc3cc(NC(=O)c4ccc5c(ccn5CCO)c4)ccc32)cc1. The van der Waals surface area contributed by atoms with Crippen molar-refractivity contribution in [2.75, 3.05) is 11.9 Å². The van der Waals surface area contributed by atoms with Crippen LogP contribution in [0.3, 0.4) is 0 Å². The summed E-state index contributed by atoms with van der Waals surface area (Å²) in [6.07, 6.45) is 4.54. The van der Waals surface area contributed by atoms with Crippen molar-refractivity contribution < 1.29 is 14.7 Å². The normalized spacial score (nSPS) is 12.1. The zero-order valence-corrected chi connectivity index (χ0v) is 20.8. The standard InChI is InChI=1S/C29H29N5O3/c1-3-19(2)31-28(36)20-4-8-25(9-5-20)34-27-11-7-24(17-23(27)18-30-34)32-29(37)22-6-10-26-21(16-22)12-13-33(26)14-15-35/h4-13,16-19,35H,3,14-15H2,1-2H3,(H,31,36)(H,32,37). The maximum atomic E-state index is 12.9. The number of hydrogen-bond acceptors (Lipinski definition) is 4. The molecule has 3 aromatic carbocycles. The lowest BCUT2D eigenvalue weighted by atomic mass is 10.1. The summed E-state index contributed by atoms with van der Waals surface area (Å²) >= 11 is 0. The van der Waals surface area contributed by atoms with Crippen molar-refractivity contribution in [3.8, 4) is 5.69 Å². The van der Waals surface area contributed by atoms with Gasteiger partial charge in [-0.2, -0.15) is 5.10 Å². The summed E-state index contributed by atoms with van der Waals surface area (Å²) in [6.45, 7) is 4.59. The Balaban J connectivity index is 1.32. The van der Waals surface area contributed by atoms with Crippen LogP contribution in [0.15, 0.2) is 79.1 Å². The minimum Gasteiger partial charge on any atom is -0.395 e. The summed E-state index contributed by atoms with van der Waals surface area (Å²) in [5.74, 6) is -0.289. The number of nitrogens with one attached hydrogen (secondary N) is 2. The lowest BCUT2D eigenvalue weighted by Crippen LogP contribution is -2.31. The minimum absolute atomic E-state index is 0.0614. The number of nitrogens with zero attached hydrogens (tertiary/aromatic N) is 3. The second-order valence-corrected chi connectivity index (χ2v) is 9.12. The molecule has 8 heteroatoms. The molecule has 0 saturated carbocycles. The summed E-state index contributed by atoms with van der Waals surface area (Å²) in [6, 6.07) is 20.6. The van der Waals surface area contributed by atoms with E-state index in [2.05, 4.69) is 15.7 Å². The highest BCUT2D eigenvalue weighted by molar-refractivity contribution is 6.07. The quantitative estimate of drug-likeness (QED) is 0.289. The summed E-state index contributed by atoms with van der Waals surface area (Å²) in [4.78, 5) is 25.3. The van der Waals surface area contributed by atoms with Gasteiger partial charge >= 0.3 is 0 Å². The molecule has 0 saturated heterocycles. The molecule has 0 radical (unpaired) electrons. The van der Waals surface area contributed by atoms with Gasteiger partial charge in [0.1, 0.15) is 0 Å². The van der Waals surface area contributed by atoms with Crippen molar-refractivity contribution in [1.82, 2.24) is 19.7 Å². The number of carbonyl (C=O) groups is 2. The fraction of sp³-hybridized carbons (Fsp3) is 0.207. The molecular weight excluding hydrogens is 466 g/mol. The van der Waals surface area contributed by atoms with E-state index in [0.717, 1.165) is 33.9 Å². The summed E-state index contributed by atoms with van der Waals surface area (Å²) < 4.78 is 3.76. The average Bonchev–Trinajstić information content (AvgIpc) is 3.52. The molecule has 0 spiro atoms. The summed E-state index contributed by atoms with van der Waals surface area (Å²) in [7, 11) is 0. The second-order valence-electron chi connectivity index (χ2n) is 9.12. The van der Waals surface area contributed by atoms with E-state index in [4.69, 9.17) is 0 Å². The molecule has 1 unspecified atom stereocenters. The van der Waals surface area contributed by atoms with E-state index in [1.165, 1.54) is 0 Å². The maximum absolute atomic E-state index is 12.9. The highest BCUT2D eigenvalue weighted by atomic mass is 16.3. The Labute approximate surface area is 214 Å². The number of aromatic nitrogens is 3. The van der Waals surface area contributed by atoms with Crippen LogP contribution in [0.4, 0.5) is 5.69 Å². The van der Waals surface area contributed by atoms with E-state index in [9.17, 15) is 14.7 Å². The molecule has 2 heterocycles. The predicted octanol–water partition coefficient (Wildman–Crippen LogP) is 4.75. The molecule has 2 amide bonds. The number of aliphatic hydroxyl groups excluding tert-OH is 1. The van der Waals surface area contributed by atoms with Gasteiger partial charge in [0.05, 0.1) is 24.0 Å². The number of anilines is 1. The number of amides is 2. The molecule has 0 fully saturated rings. The number of rotatable bonds is 8. The van der Waals surface area contributed by atoms with Crippen LogP contribution in [-0.2, 0) is 6.54 Å². The highest BCUT2D eigenvalue weighted by Crippen LogP contribution is 2.24. The third-order valence-corrected chi connectivity index (χ3v) is 6.56. The maximum Gasteiger partial charge on any atom is 0.255 e. The third kappa shape index (κ3) is 4.96. The van der Waals surface area contributed by atoms with Crippen LogP contribution in [0.1, 0.15) is 41.0 Å². The van der Waals surface area contributed by atoms with Crippen molar-refractivity contribution in [1.29, 1.82) is 0 Å². The third-order valence-electron chi connectivity index (χ3n) is 6.56. The van der Waals surface area contributed by atoms with E-state index in [0.29, 0.717) is 23.4 Å². The average molecular weight is 496 g/mol. The molecule has 8 nitrogen and oxygen atoms in total. The Hall–Kier alpha value is -4.43. The van der Waals surface area contributed by atoms with E-state index in [1.54, 1.807) is 24.4 Å². The summed E-state index contributed by atoms with van der Waals surface area (Å²) in [5, 5.41) is 21.5. The molecule has 188 valence electrons. The molecule has 2 aromatic heterocycles. The van der Waals surface area contributed by atoms with Crippen LogP contribution >= 0.6 is 0 Å². The van der Waals surface area contributed by atoms with Gasteiger partial charge in [-0.15, -0.1) is 0 Å². The van der Waals surface area contributed by atoms with E-state index >= 15 is 0 Å². The van der Waals surface area contributed by atoms with Gasteiger partial charge in [0.2, 0.25) is 0 Å². The fourth-order valence-electron chi connectivity index (χ4n) is 4.33. The molecule has 0 aliphatic carbocycles. The fourth-order valence-corrected chi connectivity index (χ4v) is 4.33. The lowest BCUT2D eigenvalue weighted by Gasteiger charge is -2.12. The first-order chi connectivity index (χ1) is 18.0. The Kier molecular flexibility index (Phi) is 6.74. The molecule has 0 bridgehead atoms. The summed E-state index contributed by atoms with van der Waals surface area (Å²) in [5.41, 5.74) is 4.54. The van der Waals surface area contributed by atoms with Gasteiger partial charge in [0.25, 0.3) is 11.8 Å². The van der Waals surface area contributed by atoms with Gasteiger partial charge in [0, 0.05) is 51.9 Å². The number of aliphatic hydroxyl groups is 1. The first-order valence-electron chi connectivity index (χ1n) is 12.4. The second kappa shape index (κ2) is 10.3. The van der Waals surface area contributed by atoms with Crippen LogP contribution in [-0.4, -0.2) is 43.9 Å². The Morgan fingerprint density at radius 3 is 2.43 bits per heavy atom. The monoisotopic (exact) mass is 495 g/mol. The molecule has 3 N–H and O–H groups in total. The molecule has 5 aromatic rings. The van der Waals surface area contributed by atoms with Crippen molar-refractivity contribution in [2.24, 2.45) is 0 Å². The minimum atomic E-state index is -0.199. The van der Waals surface area contributed by atoms with Gasteiger partial charge in [-0.05, 0) is 80.1 Å². The number of benzene rings is 3. The lowest BCUT2D eigenvalue weighted by molar-refractivity contribution is 0.0938. The van der Waals surface area contributed by atoms with Crippen LogP contribution in [0.25, 0.3) is 27.5 Å². The smallest absolute Gasteiger partial charge is 0.255 e. The number of fused-ring (bicyclic) bond motifs is 2. The van der Waals surface area contributed by atoms with Gasteiger partial charge in [-0.1, -0.05) is 6.92 Å². The largest absolute Gasteiger partial charge is 0.395 e. The van der Waals surface area contributed by atoms with E-state index in [1.807, 2.05) is 77.8 Å². The van der Waals surface area contributed by atoms with Gasteiger partial charge < -0.3 is 20.3 Å². The molecule has 0 aliphatic heterocycles. The van der Waals surface area contributed by atoms with Crippen LogP contribution in [0.2, 0.25) is 0 Å². The molecule has 0 aliphatic rings. The first-order valence-corrected chi connectivity index (χ1v) is 12.4. The van der Waals surface area contributed by atoms with Crippen molar-refractivity contribution in [3.63, 3.8) is 0 Å².